The Morgan fingerprint density at radius 1 is 1.18 bits per heavy atom. The van der Waals surface area contributed by atoms with Crippen LogP contribution < -0.4 is 0 Å². The van der Waals surface area contributed by atoms with E-state index in [1.54, 1.807) is 0 Å². The minimum atomic E-state index is -0.529. The van der Waals surface area contributed by atoms with Crippen molar-refractivity contribution in [2.75, 3.05) is 12.4 Å². The summed E-state index contributed by atoms with van der Waals surface area (Å²) < 4.78 is 9.89. The van der Waals surface area contributed by atoms with Crippen molar-refractivity contribution in [3.8, 4) is 0 Å². The van der Waals surface area contributed by atoms with E-state index in [9.17, 15) is 9.59 Å². The highest BCUT2D eigenvalue weighted by atomic mass is 32.1. The molecule has 0 saturated heterocycles. The van der Waals surface area contributed by atoms with Crippen LogP contribution in [0.25, 0.3) is 0 Å². The van der Waals surface area contributed by atoms with Gasteiger partial charge in [0.1, 0.15) is 12.7 Å². The molecule has 0 saturated carbocycles. The highest BCUT2D eigenvalue weighted by Crippen LogP contribution is 2.07. The van der Waals surface area contributed by atoms with Crippen molar-refractivity contribution in [2.45, 2.75) is 25.4 Å². The van der Waals surface area contributed by atoms with E-state index in [-0.39, 0.29) is 6.61 Å². The summed E-state index contributed by atoms with van der Waals surface area (Å²) in [6.45, 7) is 6.63. The van der Waals surface area contributed by atoms with Gasteiger partial charge in [-0.05, 0) is 25.0 Å². The van der Waals surface area contributed by atoms with Gasteiger partial charge < -0.3 is 9.47 Å². The minimum absolute atomic E-state index is 0.0387. The van der Waals surface area contributed by atoms with Crippen molar-refractivity contribution in [1.82, 2.24) is 0 Å². The van der Waals surface area contributed by atoms with Gasteiger partial charge in [-0.15, -0.1) is 0 Å². The topological polar surface area (TPSA) is 52.6 Å². The van der Waals surface area contributed by atoms with Crippen molar-refractivity contribution in [1.29, 1.82) is 0 Å². The van der Waals surface area contributed by atoms with Crippen molar-refractivity contribution < 1.29 is 19.1 Å². The Morgan fingerprint density at radius 3 is 2.35 bits per heavy atom. The molecule has 0 fully saturated rings. The summed E-state index contributed by atoms with van der Waals surface area (Å²) in [5.41, 5.74) is 0. The average molecular weight is 258 g/mol. The number of ether oxygens (including phenoxy) is 2. The molecule has 17 heavy (non-hydrogen) atoms. The van der Waals surface area contributed by atoms with E-state index in [1.165, 1.54) is 0 Å². The third kappa shape index (κ3) is 8.56. The predicted octanol–water partition coefficient (Wildman–Crippen LogP) is 1.91. The fourth-order valence-electron chi connectivity index (χ4n) is 1.11. The predicted molar refractivity (Wildman–Crippen MR) is 68.9 cm³/mol. The molecular weight excluding hydrogens is 240 g/mol. The Balaban J connectivity index is 4.08. The average Bonchev–Trinajstić information content (AvgIpc) is 2.35. The van der Waals surface area contributed by atoms with Crippen LogP contribution in [-0.2, 0) is 19.1 Å². The smallest absolute Gasteiger partial charge is 0.330 e. The molecule has 0 aliphatic rings. The van der Waals surface area contributed by atoms with Gasteiger partial charge in [0.15, 0.2) is 0 Å². The number of hydrogen-bond donors (Lipinski definition) is 1. The van der Waals surface area contributed by atoms with Gasteiger partial charge in [0, 0.05) is 12.2 Å². The maximum Gasteiger partial charge on any atom is 0.330 e. The molecule has 0 radical (unpaired) electrons. The quantitative estimate of drug-likeness (QED) is 0.297. The number of unbranched alkanes of at least 4 members (excludes halogenated alkanes) is 1. The Hall–Kier alpha value is -1.23. The molecule has 0 aromatic heterocycles. The fraction of sp³-hybridized carbons (Fsp3) is 0.500. The molecule has 0 N–H and O–H groups in total. The van der Waals surface area contributed by atoms with E-state index in [0.717, 1.165) is 30.7 Å². The molecular formula is C12H18O4S. The van der Waals surface area contributed by atoms with Crippen molar-refractivity contribution in [2.24, 2.45) is 0 Å². The lowest BCUT2D eigenvalue weighted by Gasteiger charge is -2.16. The molecule has 0 aromatic carbocycles. The molecule has 96 valence electrons. The summed E-state index contributed by atoms with van der Waals surface area (Å²) in [7, 11) is 0. The Kier molecular flexibility index (Phi) is 9.24. The van der Waals surface area contributed by atoms with E-state index >= 15 is 0 Å². The van der Waals surface area contributed by atoms with Gasteiger partial charge in [-0.1, -0.05) is 13.2 Å². The Labute approximate surface area is 107 Å². The van der Waals surface area contributed by atoms with E-state index in [1.807, 2.05) is 0 Å². The second-order valence-corrected chi connectivity index (χ2v) is 3.76. The molecule has 0 bridgehead atoms. The van der Waals surface area contributed by atoms with Crippen LogP contribution in [0.15, 0.2) is 25.3 Å². The monoisotopic (exact) mass is 258 g/mol. The summed E-state index contributed by atoms with van der Waals surface area (Å²) in [6.07, 6.45) is 4.11. The summed E-state index contributed by atoms with van der Waals surface area (Å²) in [6, 6.07) is 0. The summed E-state index contributed by atoms with van der Waals surface area (Å²) in [5.74, 6) is -0.274. The number of carbonyl (C=O) groups excluding carboxylic acids is 2. The number of rotatable bonds is 9. The first-order chi connectivity index (χ1) is 8.13. The zero-order valence-electron chi connectivity index (χ0n) is 9.76. The van der Waals surface area contributed by atoms with Gasteiger partial charge in [-0.2, -0.15) is 12.6 Å². The van der Waals surface area contributed by atoms with Gasteiger partial charge >= 0.3 is 11.9 Å². The molecule has 0 amide bonds. The lowest BCUT2D eigenvalue weighted by atomic mass is 10.2. The molecule has 1 atom stereocenters. The zero-order chi connectivity index (χ0) is 13.1. The fourth-order valence-corrected chi connectivity index (χ4v) is 1.33. The first-order valence-electron chi connectivity index (χ1n) is 5.37. The van der Waals surface area contributed by atoms with E-state index in [4.69, 9.17) is 9.47 Å². The van der Waals surface area contributed by atoms with Crippen LogP contribution in [0.1, 0.15) is 19.3 Å². The third-order valence-corrected chi connectivity index (χ3v) is 2.28. The molecule has 0 aliphatic heterocycles. The first kappa shape index (κ1) is 15.8. The van der Waals surface area contributed by atoms with Crippen molar-refractivity contribution in [3.63, 3.8) is 0 Å². The van der Waals surface area contributed by atoms with Crippen LogP contribution in [0.2, 0.25) is 0 Å². The molecule has 0 aliphatic carbocycles. The number of hydrogen-bond acceptors (Lipinski definition) is 5. The molecule has 0 aromatic rings. The highest BCUT2D eigenvalue weighted by molar-refractivity contribution is 7.80. The minimum Gasteiger partial charge on any atom is -0.459 e. The lowest BCUT2D eigenvalue weighted by Crippen LogP contribution is -2.24. The van der Waals surface area contributed by atoms with Gasteiger partial charge in [-0.3, -0.25) is 0 Å². The van der Waals surface area contributed by atoms with Crippen LogP contribution in [-0.4, -0.2) is 30.4 Å². The molecule has 5 heteroatoms. The van der Waals surface area contributed by atoms with Crippen LogP contribution >= 0.6 is 12.6 Å². The summed E-state index contributed by atoms with van der Waals surface area (Å²) in [4.78, 5) is 21.9. The van der Waals surface area contributed by atoms with E-state index in [0.29, 0.717) is 6.42 Å². The molecule has 0 heterocycles. The Bertz CT molecular complexity index is 276. The van der Waals surface area contributed by atoms with E-state index in [2.05, 4.69) is 25.8 Å². The normalized spacial score (nSPS) is 11.4. The van der Waals surface area contributed by atoms with Gasteiger partial charge in [0.05, 0.1) is 0 Å². The standard InChI is InChI=1S/C12H18O4S/c1-3-11(13)15-9-10(7-5-6-8-17)16-12(14)4-2/h3-4,10,17H,1-2,5-9H2. The van der Waals surface area contributed by atoms with Crippen LogP contribution in [0.3, 0.4) is 0 Å². The van der Waals surface area contributed by atoms with Crippen molar-refractivity contribution in [3.05, 3.63) is 25.3 Å². The van der Waals surface area contributed by atoms with Crippen LogP contribution in [0.4, 0.5) is 0 Å². The molecule has 1 unspecified atom stereocenters. The maximum absolute atomic E-state index is 11.1. The van der Waals surface area contributed by atoms with Gasteiger partial charge in [0.2, 0.25) is 0 Å². The Morgan fingerprint density at radius 2 is 1.82 bits per heavy atom. The van der Waals surface area contributed by atoms with Crippen LogP contribution in [0, 0.1) is 0 Å². The van der Waals surface area contributed by atoms with E-state index < -0.39 is 18.0 Å². The number of thiol groups is 1. The maximum atomic E-state index is 11.1. The third-order valence-electron chi connectivity index (χ3n) is 1.96. The largest absolute Gasteiger partial charge is 0.459 e. The number of esters is 2. The first-order valence-corrected chi connectivity index (χ1v) is 6.00. The number of carbonyl (C=O) groups is 2. The molecule has 0 spiro atoms. The second kappa shape index (κ2) is 9.96. The second-order valence-electron chi connectivity index (χ2n) is 3.32. The molecule has 4 nitrogen and oxygen atoms in total. The SMILES string of the molecule is C=CC(=O)OCC(CCCCS)OC(=O)C=C. The summed E-state index contributed by atoms with van der Waals surface area (Å²) >= 11 is 4.09. The molecule has 0 rings (SSSR count). The summed E-state index contributed by atoms with van der Waals surface area (Å²) in [5, 5.41) is 0. The lowest BCUT2D eigenvalue weighted by molar-refractivity contribution is -0.153. The van der Waals surface area contributed by atoms with Crippen LogP contribution in [0.5, 0.6) is 0 Å². The highest BCUT2D eigenvalue weighted by Gasteiger charge is 2.14. The van der Waals surface area contributed by atoms with Gasteiger partial charge in [0.25, 0.3) is 0 Å². The van der Waals surface area contributed by atoms with Crippen molar-refractivity contribution >= 4 is 24.6 Å². The zero-order valence-corrected chi connectivity index (χ0v) is 10.7. The van der Waals surface area contributed by atoms with Gasteiger partial charge in [-0.25, -0.2) is 9.59 Å².